The Bertz CT molecular complexity index is 1350. The zero-order valence-corrected chi connectivity index (χ0v) is 21.7. The summed E-state index contributed by atoms with van der Waals surface area (Å²) in [5, 5.41) is 17.3. The topological polar surface area (TPSA) is 119 Å². The number of nitrogens with zero attached hydrogens (tertiary/aromatic N) is 3. The maximum absolute atomic E-state index is 13.2. The molecule has 3 aromatic rings. The quantitative estimate of drug-likeness (QED) is 0.418. The van der Waals surface area contributed by atoms with E-state index in [0.717, 1.165) is 18.4 Å². The second kappa shape index (κ2) is 12.1. The highest BCUT2D eigenvalue weighted by atomic mass is 16.2. The third-order valence-corrected chi connectivity index (χ3v) is 6.90. The first-order valence-corrected chi connectivity index (χ1v) is 12.7. The lowest BCUT2D eigenvalue weighted by molar-refractivity contribution is 0.0712. The lowest BCUT2D eigenvalue weighted by Crippen LogP contribution is -2.38. The van der Waals surface area contributed by atoms with Crippen molar-refractivity contribution in [1.29, 1.82) is 5.26 Å². The summed E-state index contributed by atoms with van der Waals surface area (Å²) in [6.07, 6.45) is 3.51. The Hall–Kier alpha value is -4.58. The number of aromatic nitrogens is 1. The van der Waals surface area contributed by atoms with Crippen molar-refractivity contribution in [2.45, 2.75) is 25.7 Å². The SMILES string of the molecule is Cc1ccc(C(=O)N2CCC(c3ccc(C#N)cc3)CC2)cc1NC(=O)NCCNC(=O)c1cccn1C. The lowest BCUT2D eigenvalue weighted by atomic mass is 9.89. The first-order valence-electron chi connectivity index (χ1n) is 12.7. The van der Waals surface area contributed by atoms with Crippen molar-refractivity contribution >= 4 is 23.5 Å². The molecule has 1 aromatic heterocycles. The van der Waals surface area contributed by atoms with Crippen LogP contribution < -0.4 is 16.0 Å². The molecule has 0 radical (unpaired) electrons. The molecule has 38 heavy (non-hydrogen) atoms. The first-order chi connectivity index (χ1) is 18.4. The number of carbonyl (C=O) groups is 3. The number of carbonyl (C=O) groups excluding carboxylic acids is 3. The standard InChI is InChI=1S/C29H32N6O3/c1-20-5-8-24(28(37)35-16-11-23(12-17-35)22-9-6-21(19-30)7-10-22)18-25(20)33-29(38)32-14-13-31-27(36)26-4-3-15-34(26)2/h3-10,15,18,23H,11-14,16-17H2,1-2H3,(H,31,36)(H2,32,33,38). The fourth-order valence-electron chi connectivity index (χ4n) is 4.62. The van der Waals surface area contributed by atoms with Crippen LogP contribution in [0.15, 0.2) is 60.8 Å². The number of piperidine rings is 1. The zero-order chi connectivity index (χ0) is 27.1. The van der Waals surface area contributed by atoms with Crippen LogP contribution in [-0.2, 0) is 7.05 Å². The summed E-state index contributed by atoms with van der Waals surface area (Å²) in [7, 11) is 1.79. The molecule has 2 heterocycles. The molecule has 9 heteroatoms. The van der Waals surface area contributed by atoms with Crippen molar-refractivity contribution < 1.29 is 14.4 Å². The van der Waals surface area contributed by atoms with E-state index in [1.165, 1.54) is 5.56 Å². The highest BCUT2D eigenvalue weighted by molar-refractivity contribution is 5.97. The predicted octanol–water partition coefficient (Wildman–Crippen LogP) is 3.78. The molecule has 4 amide bonds. The fourth-order valence-corrected chi connectivity index (χ4v) is 4.62. The molecular weight excluding hydrogens is 480 g/mol. The molecule has 0 spiro atoms. The predicted molar refractivity (Wildman–Crippen MR) is 145 cm³/mol. The Morgan fingerprint density at radius 1 is 1.00 bits per heavy atom. The highest BCUT2D eigenvalue weighted by Crippen LogP contribution is 2.29. The molecule has 0 bridgehead atoms. The van der Waals surface area contributed by atoms with Crippen molar-refractivity contribution in [3.8, 4) is 6.07 Å². The number of urea groups is 1. The summed E-state index contributed by atoms with van der Waals surface area (Å²) in [5.41, 5.74) is 4.32. The van der Waals surface area contributed by atoms with Crippen LogP contribution in [0.25, 0.3) is 0 Å². The van der Waals surface area contributed by atoms with Gasteiger partial charge in [0.1, 0.15) is 5.69 Å². The maximum Gasteiger partial charge on any atom is 0.319 e. The summed E-state index contributed by atoms with van der Waals surface area (Å²) in [4.78, 5) is 39.6. The monoisotopic (exact) mass is 512 g/mol. The molecule has 1 fully saturated rings. The Kier molecular flexibility index (Phi) is 8.44. The molecule has 1 saturated heterocycles. The van der Waals surface area contributed by atoms with Gasteiger partial charge >= 0.3 is 6.03 Å². The number of hydrogen-bond acceptors (Lipinski definition) is 4. The highest BCUT2D eigenvalue weighted by Gasteiger charge is 2.25. The number of benzene rings is 2. The average molecular weight is 513 g/mol. The van der Waals surface area contributed by atoms with E-state index in [2.05, 4.69) is 22.0 Å². The number of rotatable bonds is 7. The van der Waals surface area contributed by atoms with Crippen LogP contribution in [0, 0.1) is 18.3 Å². The minimum Gasteiger partial charge on any atom is -0.349 e. The van der Waals surface area contributed by atoms with Crippen LogP contribution in [0.5, 0.6) is 0 Å². The van der Waals surface area contributed by atoms with E-state index in [1.54, 1.807) is 42.1 Å². The van der Waals surface area contributed by atoms with Gasteiger partial charge in [0.05, 0.1) is 11.6 Å². The summed E-state index contributed by atoms with van der Waals surface area (Å²) in [6, 6.07) is 18.2. The van der Waals surface area contributed by atoms with Crippen molar-refractivity contribution in [3.63, 3.8) is 0 Å². The van der Waals surface area contributed by atoms with Gasteiger partial charge in [-0.15, -0.1) is 0 Å². The zero-order valence-electron chi connectivity index (χ0n) is 21.7. The van der Waals surface area contributed by atoms with Gasteiger partial charge in [0.25, 0.3) is 11.8 Å². The molecule has 0 atom stereocenters. The number of amides is 4. The first kappa shape index (κ1) is 26.5. The van der Waals surface area contributed by atoms with E-state index in [1.807, 2.05) is 42.2 Å². The van der Waals surface area contributed by atoms with E-state index in [-0.39, 0.29) is 24.9 Å². The molecule has 0 aliphatic carbocycles. The van der Waals surface area contributed by atoms with E-state index in [4.69, 9.17) is 5.26 Å². The van der Waals surface area contributed by atoms with E-state index >= 15 is 0 Å². The van der Waals surface area contributed by atoms with Gasteiger partial charge in [0.2, 0.25) is 0 Å². The smallest absolute Gasteiger partial charge is 0.319 e. The number of nitriles is 1. The molecular formula is C29H32N6O3. The largest absolute Gasteiger partial charge is 0.349 e. The molecule has 0 saturated carbocycles. The second-order valence-corrected chi connectivity index (χ2v) is 9.47. The minimum absolute atomic E-state index is 0.0601. The van der Waals surface area contributed by atoms with Crippen LogP contribution >= 0.6 is 0 Å². The van der Waals surface area contributed by atoms with E-state index < -0.39 is 6.03 Å². The van der Waals surface area contributed by atoms with Gasteiger partial charge in [0.15, 0.2) is 0 Å². The molecule has 1 aliphatic heterocycles. The van der Waals surface area contributed by atoms with Gasteiger partial charge < -0.3 is 25.4 Å². The third-order valence-electron chi connectivity index (χ3n) is 6.90. The molecule has 4 rings (SSSR count). The fraction of sp³-hybridized carbons (Fsp3) is 0.310. The van der Waals surface area contributed by atoms with Crippen LogP contribution in [0.4, 0.5) is 10.5 Å². The van der Waals surface area contributed by atoms with Gasteiger partial charge in [-0.25, -0.2) is 4.79 Å². The summed E-state index contributed by atoms with van der Waals surface area (Å²) in [5.74, 6) is 0.0980. The van der Waals surface area contributed by atoms with Crippen LogP contribution in [0.1, 0.15) is 56.3 Å². The lowest BCUT2D eigenvalue weighted by Gasteiger charge is -2.32. The Morgan fingerprint density at radius 3 is 2.37 bits per heavy atom. The second-order valence-electron chi connectivity index (χ2n) is 9.47. The van der Waals surface area contributed by atoms with Gasteiger partial charge in [-0.2, -0.15) is 5.26 Å². The Labute approximate surface area is 222 Å². The van der Waals surface area contributed by atoms with Crippen molar-refractivity contribution in [3.05, 3.63) is 88.7 Å². The number of anilines is 1. The minimum atomic E-state index is -0.408. The Morgan fingerprint density at radius 2 is 1.71 bits per heavy atom. The summed E-state index contributed by atoms with van der Waals surface area (Å²) >= 11 is 0. The van der Waals surface area contributed by atoms with Gasteiger partial charge in [-0.05, 0) is 73.2 Å². The van der Waals surface area contributed by atoms with E-state index in [0.29, 0.717) is 41.5 Å². The molecule has 2 aromatic carbocycles. The van der Waals surface area contributed by atoms with Crippen LogP contribution in [0.2, 0.25) is 0 Å². The van der Waals surface area contributed by atoms with Crippen molar-refractivity contribution in [1.82, 2.24) is 20.1 Å². The normalized spacial score (nSPS) is 13.4. The molecule has 9 nitrogen and oxygen atoms in total. The van der Waals surface area contributed by atoms with Crippen molar-refractivity contribution in [2.75, 3.05) is 31.5 Å². The van der Waals surface area contributed by atoms with Crippen LogP contribution in [-0.4, -0.2) is 53.5 Å². The molecule has 196 valence electrons. The summed E-state index contributed by atoms with van der Waals surface area (Å²) in [6.45, 7) is 3.71. The maximum atomic E-state index is 13.2. The molecule has 3 N–H and O–H groups in total. The van der Waals surface area contributed by atoms with Gasteiger partial charge in [-0.1, -0.05) is 18.2 Å². The molecule has 0 unspecified atom stereocenters. The van der Waals surface area contributed by atoms with Gasteiger partial charge in [0, 0.05) is 50.7 Å². The van der Waals surface area contributed by atoms with Crippen molar-refractivity contribution in [2.24, 2.45) is 7.05 Å². The summed E-state index contributed by atoms with van der Waals surface area (Å²) < 4.78 is 1.73. The third kappa shape index (κ3) is 6.40. The molecule has 1 aliphatic rings. The van der Waals surface area contributed by atoms with E-state index in [9.17, 15) is 14.4 Å². The van der Waals surface area contributed by atoms with Crippen LogP contribution in [0.3, 0.4) is 0 Å². The Balaban J connectivity index is 1.26. The average Bonchev–Trinajstić information content (AvgIpc) is 3.38. The number of nitrogens with one attached hydrogen (secondary N) is 3. The number of likely N-dealkylation sites (tertiary alicyclic amines) is 1. The number of hydrogen-bond donors (Lipinski definition) is 3. The number of aryl methyl sites for hydroxylation is 2. The van der Waals surface area contributed by atoms with Gasteiger partial charge in [-0.3, -0.25) is 9.59 Å².